The lowest BCUT2D eigenvalue weighted by Crippen LogP contribution is -2.37. The first-order valence-electron chi connectivity index (χ1n) is 6.17. The zero-order chi connectivity index (χ0) is 14.8. The van der Waals surface area contributed by atoms with E-state index in [0.717, 1.165) is 4.90 Å². The maximum absolute atomic E-state index is 12.3. The predicted molar refractivity (Wildman–Crippen MR) is 71.7 cm³/mol. The highest BCUT2D eigenvalue weighted by Crippen LogP contribution is 2.63. The predicted octanol–water partition coefficient (Wildman–Crippen LogP) is 2.18. The van der Waals surface area contributed by atoms with Crippen LogP contribution in [0.3, 0.4) is 0 Å². The smallest absolute Gasteiger partial charge is 0.337 e. The minimum absolute atomic E-state index is 0.0971. The van der Waals surface area contributed by atoms with Crippen LogP contribution < -0.4 is 4.90 Å². The molecule has 0 bridgehead atoms. The molecule has 0 spiro atoms. The Bertz CT molecular complexity index is 643. The Morgan fingerprint density at radius 1 is 1.25 bits per heavy atom. The van der Waals surface area contributed by atoms with E-state index in [9.17, 15) is 19.5 Å². The van der Waals surface area contributed by atoms with Gasteiger partial charge >= 0.3 is 5.97 Å². The SMILES string of the molecule is CC1(C)C2C(=O)N(c3ccc(Cl)cc3C(=O)O)C(=O)C21. The van der Waals surface area contributed by atoms with Gasteiger partial charge in [-0.1, -0.05) is 25.4 Å². The van der Waals surface area contributed by atoms with Crippen LogP contribution in [-0.2, 0) is 9.59 Å². The van der Waals surface area contributed by atoms with Crippen LogP contribution in [0.15, 0.2) is 18.2 Å². The molecule has 1 aromatic carbocycles. The Kier molecular flexibility index (Phi) is 2.51. The molecule has 3 rings (SSSR count). The van der Waals surface area contributed by atoms with Crippen molar-refractivity contribution in [2.45, 2.75) is 13.8 Å². The summed E-state index contributed by atoms with van der Waals surface area (Å²) in [4.78, 5) is 36.9. The van der Waals surface area contributed by atoms with Crippen LogP contribution in [0.1, 0.15) is 24.2 Å². The molecule has 104 valence electrons. The fourth-order valence-electron chi connectivity index (χ4n) is 3.06. The van der Waals surface area contributed by atoms with Crippen LogP contribution in [0.25, 0.3) is 0 Å². The summed E-state index contributed by atoms with van der Waals surface area (Å²) in [6, 6.07) is 4.12. The third-order valence-electron chi connectivity index (χ3n) is 4.23. The fraction of sp³-hybridized carbons (Fsp3) is 0.357. The molecule has 1 aliphatic carbocycles. The monoisotopic (exact) mass is 293 g/mol. The molecule has 1 heterocycles. The van der Waals surface area contributed by atoms with Crippen LogP contribution >= 0.6 is 11.6 Å². The molecule has 2 atom stereocenters. The van der Waals surface area contributed by atoms with Gasteiger partial charge in [-0.25, -0.2) is 9.69 Å². The van der Waals surface area contributed by atoms with Gasteiger partial charge in [0, 0.05) is 5.02 Å². The van der Waals surface area contributed by atoms with E-state index in [-0.39, 0.29) is 45.3 Å². The topological polar surface area (TPSA) is 74.7 Å². The summed E-state index contributed by atoms with van der Waals surface area (Å²) in [6.45, 7) is 3.74. The van der Waals surface area contributed by atoms with Crippen molar-refractivity contribution < 1.29 is 19.5 Å². The van der Waals surface area contributed by atoms with Gasteiger partial charge in [-0.3, -0.25) is 9.59 Å². The van der Waals surface area contributed by atoms with Gasteiger partial charge in [-0.2, -0.15) is 0 Å². The first-order chi connectivity index (χ1) is 9.26. The van der Waals surface area contributed by atoms with E-state index in [1.165, 1.54) is 18.2 Å². The molecular weight excluding hydrogens is 282 g/mol. The standard InChI is InChI=1S/C14H12ClNO4/c1-14(2)9-10(14)12(18)16(11(9)17)8-4-3-6(15)5-7(8)13(19)20/h3-5,9-10H,1-2H3,(H,19,20). The number of carboxylic acid groups (broad SMARTS) is 1. The number of nitrogens with zero attached hydrogens (tertiary/aromatic N) is 1. The summed E-state index contributed by atoms with van der Waals surface area (Å²) in [5, 5.41) is 9.44. The lowest BCUT2D eigenvalue weighted by atomic mass is 10.0. The number of anilines is 1. The number of carboxylic acids is 1. The van der Waals surface area contributed by atoms with Crippen LogP contribution in [0.2, 0.25) is 5.02 Å². The van der Waals surface area contributed by atoms with Gasteiger partial charge in [-0.15, -0.1) is 0 Å². The molecule has 2 fully saturated rings. The number of fused-ring (bicyclic) bond motifs is 1. The fourth-order valence-corrected chi connectivity index (χ4v) is 3.23. The van der Waals surface area contributed by atoms with Crippen molar-refractivity contribution in [3.63, 3.8) is 0 Å². The molecule has 1 aliphatic heterocycles. The molecule has 1 aromatic rings. The van der Waals surface area contributed by atoms with E-state index in [1.807, 2.05) is 13.8 Å². The third kappa shape index (κ3) is 1.53. The molecule has 0 radical (unpaired) electrons. The number of aromatic carboxylic acids is 1. The van der Waals surface area contributed by atoms with Crippen molar-refractivity contribution in [1.29, 1.82) is 0 Å². The third-order valence-corrected chi connectivity index (χ3v) is 4.47. The molecule has 2 unspecified atom stereocenters. The lowest BCUT2D eigenvalue weighted by Gasteiger charge is -2.22. The van der Waals surface area contributed by atoms with Crippen molar-refractivity contribution in [2.75, 3.05) is 4.90 Å². The quantitative estimate of drug-likeness (QED) is 0.848. The summed E-state index contributed by atoms with van der Waals surface area (Å²) in [5.41, 5.74) is -0.362. The highest BCUT2D eigenvalue weighted by Gasteiger charge is 2.72. The number of hydrogen-bond acceptors (Lipinski definition) is 3. The largest absolute Gasteiger partial charge is 0.478 e. The molecule has 1 N–H and O–H groups in total. The van der Waals surface area contributed by atoms with E-state index in [0.29, 0.717) is 0 Å². The van der Waals surface area contributed by atoms with Gasteiger partial charge in [-0.05, 0) is 23.6 Å². The lowest BCUT2D eigenvalue weighted by molar-refractivity contribution is -0.125. The van der Waals surface area contributed by atoms with E-state index in [2.05, 4.69) is 0 Å². The zero-order valence-electron chi connectivity index (χ0n) is 10.9. The summed E-state index contributed by atoms with van der Waals surface area (Å²) in [5.74, 6) is -2.55. The molecule has 2 aliphatic rings. The number of benzene rings is 1. The first-order valence-corrected chi connectivity index (χ1v) is 6.55. The number of rotatable bonds is 2. The Morgan fingerprint density at radius 3 is 2.30 bits per heavy atom. The number of carbonyl (C=O) groups excluding carboxylic acids is 2. The molecule has 20 heavy (non-hydrogen) atoms. The van der Waals surface area contributed by atoms with E-state index >= 15 is 0 Å². The second-order valence-corrected chi connectivity index (χ2v) is 6.19. The molecule has 6 heteroatoms. The Hall–Kier alpha value is -1.88. The van der Waals surface area contributed by atoms with Gasteiger partial charge in [0.1, 0.15) is 0 Å². The van der Waals surface area contributed by atoms with Crippen LogP contribution in [0, 0.1) is 17.3 Å². The minimum atomic E-state index is -1.22. The average molecular weight is 294 g/mol. The molecule has 5 nitrogen and oxygen atoms in total. The molecular formula is C14H12ClNO4. The molecule has 2 amide bonds. The number of hydrogen-bond donors (Lipinski definition) is 1. The maximum Gasteiger partial charge on any atom is 0.337 e. The summed E-state index contributed by atoms with van der Waals surface area (Å²) in [7, 11) is 0. The molecule has 1 saturated heterocycles. The normalized spacial score (nSPS) is 26.6. The van der Waals surface area contributed by atoms with Crippen molar-refractivity contribution in [2.24, 2.45) is 17.3 Å². The zero-order valence-corrected chi connectivity index (χ0v) is 11.6. The van der Waals surface area contributed by atoms with Crippen molar-refractivity contribution in [3.05, 3.63) is 28.8 Å². The van der Waals surface area contributed by atoms with Crippen molar-refractivity contribution in [1.82, 2.24) is 0 Å². The number of piperidine rings is 1. The summed E-state index contributed by atoms with van der Waals surface area (Å²) < 4.78 is 0. The van der Waals surface area contributed by atoms with Crippen LogP contribution in [0.5, 0.6) is 0 Å². The van der Waals surface area contributed by atoms with Crippen LogP contribution in [-0.4, -0.2) is 22.9 Å². The van der Waals surface area contributed by atoms with Gasteiger partial charge in [0.2, 0.25) is 11.8 Å². The Labute approximate surface area is 120 Å². The van der Waals surface area contributed by atoms with Gasteiger partial charge < -0.3 is 5.11 Å². The second-order valence-electron chi connectivity index (χ2n) is 5.76. The second kappa shape index (κ2) is 3.82. The van der Waals surface area contributed by atoms with Gasteiger partial charge in [0.15, 0.2) is 0 Å². The van der Waals surface area contributed by atoms with E-state index < -0.39 is 5.97 Å². The number of imide groups is 1. The number of amides is 2. The minimum Gasteiger partial charge on any atom is -0.478 e. The van der Waals surface area contributed by atoms with Crippen molar-refractivity contribution in [3.8, 4) is 0 Å². The Morgan fingerprint density at radius 2 is 1.80 bits per heavy atom. The van der Waals surface area contributed by atoms with Crippen molar-refractivity contribution >= 4 is 35.1 Å². The average Bonchev–Trinajstić information content (AvgIpc) is 2.81. The number of carbonyl (C=O) groups is 3. The van der Waals surface area contributed by atoms with E-state index in [4.69, 9.17) is 11.6 Å². The molecule has 0 aromatic heterocycles. The van der Waals surface area contributed by atoms with E-state index in [1.54, 1.807) is 0 Å². The maximum atomic E-state index is 12.3. The van der Waals surface area contributed by atoms with Gasteiger partial charge in [0.05, 0.1) is 23.1 Å². The highest BCUT2D eigenvalue weighted by molar-refractivity contribution is 6.32. The highest BCUT2D eigenvalue weighted by atomic mass is 35.5. The number of halogens is 1. The van der Waals surface area contributed by atoms with Gasteiger partial charge in [0.25, 0.3) is 0 Å². The Balaban J connectivity index is 2.06. The summed E-state index contributed by atoms with van der Waals surface area (Å²) >= 11 is 5.77. The molecule has 1 saturated carbocycles. The summed E-state index contributed by atoms with van der Waals surface area (Å²) in [6.07, 6.45) is 0. The first kappa shape index (κ1) is 13.1. The van der Waals surface area contributed by atoms with Crippen LogP contribution in [0.4, 0.5) is 5.69 Å².